The maximum absolute atomic E-state index is 4.59. The minimum Gasteiger partial charge on any atom is -0.316 e. The number of hydrogen-bond donors (Lipinski definition) is 1. The first-order valence-electron chi connectivity index (χ1n) is 5.05. The van der Waals surface area contributed by atoms with Crippen molar-refractivity contribution in [3.8, 4) is 0 Å². The summed E-state index contributed by atoms with van der Waals surface area (Å²) in [6.07, 6.45) is 4.41. The molecular weight excluding hydrogens is 162 g/mol. The van der Waals surface area contributed by atoms with Crippen LogP contribution in [0.5, 0.6) is 0 Å². The Hall–Kier alpha value is -0.830. The fraction of sp³-hybridized carbons (Fsp3) is 0.700. The molecule has 0 fully saturated rings. The third-order valence-corrected chi connectivity index (χ3v) is 2.53. The van der Waals surface area contributed by atoms with Crippen LogP contribution in [0, 0.1) is 0 Å². The lowest BCUT2D eigenvalue weighted by Crippen LogP contribution is -2.17. The van der Waals surface area contributed by atoms with Crippen molar-refractivity contribution in [2.24, 2.45) is 0 Å². The van der Waals surface area contributed by atoms with Crippen molar-refractivity contribution in [3.63, 3.8) is 0 Å². The minimum absolute atomic E-state index is 0.486. The Balaban J connectivity index is 2.27. The Kier molecular flexibility index (Phi) is 2.36. The molecule has 2 heterocycles. The van der Waals surface area contributed by atoms with Gasteiger partial charge in [0, 0.05) is 25.2 Å². The van der Waals surface area contributed by atoms with Gasteiger partial charge in [0.15, 0.2) is 0 Å². The molecule has 1 aromatic heterocycles. The van der Waals surface area contributed by atoms with Crippen LogP contribution < -0.4 is 5.32 Å². The summed E-state index contributed by atoms with van der Waals surface area (Å²) in [5.41, 5.74) is 2.72. The van der Waals surface area contributed by atoms with E-state index >= 15 is 0 Å². The summed E-state index contributed by atoms with van der Waals surface area (Å²) in [5, 5.41) is 7.97. The Morgan fingerprint density at radius 2 is 2.15 bits per heavy atom. The third kappa shape index (κ3) is 1.75. The fourth-order valence-electron chi connectivity index (χ4n) is 1.71. The van der Waals surface area contributed by atoms with Gasteiger partial charge >= 0.3 is 0 Å². The van der Waals surface area contributed by atoms with Crippen LogP contribution in [0.1, 0.15) is 31.1 Å². The van der Waals surface area contributed by atoms with Crippen molar-refractivity contribution in [2.45, 2.75) is 32.7 Å². The first-order valence-corrected chi connectivity index (χ1v) is 5.05. The fourth-order valence-corrected chi connectivity index (χ4v) is 1.71. The molecule has 0 amide bonds. The van der Waals surface area contributed by atoms with Gasteiger partial charge in [0.2, 0.25) is 0 Å². The minimum atomic E-state index is 0.486. The molecule has 0 atom stereocenters. The lowest BCUT2D eigenvalue weighted by atomic mass is 10.2. The van der Waals surface area contributed by atoms with Crippen LogP contribution in [0.15, 0.2) is 6.20 Å². The summed E-state index contributed by atoms with van der Waals surface area (Å²) in [4.78, 5) is 0. The average Bonchev–Trinajstić information content (AvgIpc) is 2.38. The smallest absolute Gasteiger partial charge is 0.0669 e. The molecule has 0 aliphatic carbocycles. The van der Waals surface area contributed by atoms with Crippen LogP contribution in [0.25, 0.3) is 0 Å². The molecule has 0 unspecified atom stereocenters. The number of rotatable bonds is 1. The molecule has 0 saturated heterocycles. The summed E-state index contributed by atoms with van der Waals surface area (Å²) < 4.78 is 2.08. The zero-order valence-corrected chi connectivity index (χ0v) is 8.38. The molecule has 1 aliphatic heterocycles. The van der Waals surface area contributed by atoms with Gasteiger partial charge < -0.3 is 5.32 Å². The Morgan fingerprint density at radius 3 is 2.92 bits per heavy atom. The molecular formula is C10H17N3. The van der Waals surface area contributed by atoms with Gasteiger partial charge in [0.05, 0.1) is 5.69 Å². The Labute approximate surface area is 79.1 Å². The van der Waals surface area contributed by atoms with Gasteiger partial charge in [-0.3, -0.25) is 4.68 Å². The molecule has 3 heteroatoms. The SMILES string of the molecule is CC(C)n1cc2c(n1)CCNCC2. The van der Waals surface area contributed by atoms with Crippen LogP contribution in [0.2, 0.25) is 0 Å². The number of nitrogens with zero attached hydrogens (tertiary/aromatic N) is 2. The topological polar surface area (TPSA) is 29.9 Å². The zero-order valence-electron chi connectivity index (χ0n) is 8.38. The lowest BCUT2D eigenvalue weighted by molar-refractivity contribution is 0.523. The molecule has 72 valence electrons. The van der Waals surface area contributed by atoms with E-state index < -0.39 is 0 Å². The number of fused-ring (bicyclic) bond motifs is 1. The first-order chi connectivity index (χ1) is 6.27. The monoisotopic (exact) mass is 179 g/mol. The molecule has 13 heavy (non-hydrogen) atoms. The molecule has 0 bridgehead atoms. The quantitative estimate of drug-likeness (QED) is 0.701. The van der Waals surface area contributed by atoms with Crippen molar-refractivity contribution in [2.75, 3.05) is 13.1 Å². The van der Waals surface area contributed by atoms with Crippen LogP contribution in [0.3, 0.4) is 0 Å². The van der Waals surface area contributed by atoms with Crippen LogP contribution in [-0.4, -0.2) is 22.9 Å². The van der Waals surface area contributed by atoms with Crippen molar-refractivity contribution < 1.29 is 0 Å². The largest absolute Gasteiger partial charge is 0.316 e. The van der Waals surface area contributed by atoms with E-state index in [9.17, 15) is 0 Å². The van der Waals surface area contributed by atoms with Gasteiger partial charge in [0.25, 0.3) is 0 Å². The van der Waals surface area contributed by atoms with E-state index in [4.69, 9.17) is 0 Å². The van der Waals surface area contributed by atoms with Crippen LogP contribution in [-0.2, 0) is 12.8 Å². The molecule has 0 saturated carbocycles. The van der Waals surface area contributed by atoms with E-state index in [-0.39, 0.29) is 0 Å². The van der Waals surface area contributed by atoms with Gasteiger partial charge in [0.1, 0.15) is 0 Å². The normalized spacial score (nSPS) is 17.2. The number of hydrogen-bond acceptors (Lipinski definition) is 2. The second-order valence-corrected chi connectivity index (χ2v) is 3.92. The van der Waals surface area contributed by atoms with Gasteiger partial charge in [-0.15, -0.1) is 0 Å². The second-order valence-electron chi connectivity index (χ2n) is 3.92. The molecule has 0 aromatic carbocycles. The van der Waals surface area contributed by atoms with Crippen molar-refractivity contribution in [3.05, 3.63) is 17.5 Å². The molecule has 0 spiro atoms. The van der Waals surface area contributed by atoms with E-state index in [1.807, 2.05) is 0 Å². The summed E-state index contributed by atoms with van der Waals surface area (Å²) in [7, 11) is 0. The van der Waals surface area contributed by atoms with Gasteiger partial charge in [-0.1, -0.05) is 0 Å². The maximum atomic E-state index is 4.59. The van der Waals surface area contributed by atoms with E-state index in [0.717, 1.165) is 25.9 Å². The highest BCUT2D eigenvalue weighted by molar-refractivity contribution is 5.19. The molecule has 3 nitrogen and oxygen atoms in total. The highest BCUT2D eigenvalue weighted by Crippen LogP contribution is 2.13. The van der Waals surface area contributed by atoms with E-state index in [2.05, 4.69) is 35.1 Å². The van der Waals surface area contributed by atoms with Gasteiger partial charge in [-0.05, 0) is 32.4 Å². The summed E-state index contributed by atoms with van der Waals surface area (Å²) in [5.74, 6) is 0. The van der Waals surface area contributed by atoms with Gasteiger partial charge in [-0.2, -0.15) is 5.10 Å². The molecule has 0 radical (unpaired) electrons. The predicted molar refractivity (Wildman–Crippen MR) is 52.9 cm³/mol. The molecule has 1 aliphatic rings. The summed E-state index contributed by atoms with van der Waals surface area (Å²) in [6.45, 7) is 6.51. The van der Waals surface area contributed by atoms with Gasteiger partial charge in [-0.25, -0.2) is 0 Å². The zero-order chi connectivity index (χ0) is 9.26. The van der Waals surface area contributed by atoms with E-state index in [1.165, 1.54) is 11.3 Å². The Bertz CT molecular complexity index is 265. The van der Waals surface area contributed by atoms with Crippen molar-refractivity contribution >= 4 is 0 Å². The summed E-state index contributed by atoms with van der Waals surface area (Å²) in [6, 6.07) is 0.486. The summed E-state index contributed by atoms with van der Waals surface area (Å²) >= 11 is 0. The van der Waals surface area contributed by atoms with Crippen molar-refractivity contribution in [1.82, 2.24) is 15.1 Å². The van der Waals surface area contributed by atoms with Crippen LogP contribution >= 0.6 is 0 Å². The van der Waals surface area contributed by atoms with E-state index in [0.29, 0.717) is 6.04 Å². The standard InChI is InChI=1S/C10H17N3/c1-8(2)13-7-9-3-5-11-6-4-10(9)12-13/h7-8,11H,3-6H2,1-2H3. The second kappa shape index (κ2) is 3.50. The number of aromatic nitrogens is 2. The molecule has 2 rings (SSSR count). The number of nitrogens with one attached hydrogen (secondary N) is 1. The average molecular weight is 179 g/mol. The third-order valence-electron chi connectivity index (χ3n) is 2.53. The Morgan fingerprint density at radius 1 is 1.38 bits per heavy atom. The highest BCUT2D eigenvalue weighted by atomic mass is 15.3. The lowest BCUT2D eigenvalue weighted by Gasteiger charge is -2.04. The first kappa shape index (κ1) is 8.75. The highest BCUT2D eigenvalue weighted by Gasteiger charge is 2.12. The van der Waals surface area contributed by atoms with E-state index in [1.54, 1.807) is 0 Å². The molecule has 1 N–H and O–H groups in total. The van der Waals surface area contributed by atoms with Crippen molar-refractivity contribution in [1.29, 1.82) is 0 Å². The molecule has 1 aromatic rings. The predicted octanol–water partition coefficient (Wildman–Crippen LogP) is 1.15. The maximum Gasteiger partial charge on any atom is 0.0669 e. The van der Waals surface area contributed by atoms with Crippen LogP contribution in [0.4, 0.5) is 0 Å².